The molecule has 0 aliphatic rings. The summed E-state index contributed by atoms with van der Waals surface area (Å²) in [6.07, 6.45) is 0. The molecular weight excluding hydrogens is 274 g/mol. The van der Waals surface area contributed by atoms with Gasteiger partial charge in [0.25, 0.3) is 0 Å². The highest BCUT2D eigenvalue weighted by Crippen LogP contribution is 2.06. The van der Waals surface area contributed by atoms with Crippen LogP contribution in [0.25, 0.3) is 0 Å². The van der Waals surface area contributed by atoms with Crippen molar-refractivity contribution in [1.29, 1.82) is 0 Å². The molecule has 0 saturated carbocycles. The van der Waals surface area contributed by atoms with Gasteiger partial charge in [-0.1, -0.05) is 0 Å². The third-order valence-corrected chi connectivity index (χ3v) is 1.48. The Bertz CT molecular complexity index is 190. The number of hydrogen-bond acceptors (Lipinski definition) is 2. The van der Waals surface area contributed by atoms with E-state index < -0.39 is 0 Å². The van der Waals surface area contributed by atoms with Crippen LogP contribution in [0.5, 0.6) is 0 Å². The van der Waals surface area contributed by atoms with Gasteiger partial charge >= 0.3 is 0 Å². The molecule has 0 atom stereocenters. The van der Waals surface area contributed by atoms with Crippen molar-refractivity contribution in [2.45, 2.75) is 20.4 Å². The number of aryl methyl sites for hydroxylation is 2. The minimum absolute atomic E-state index is 0. The summed E-state index contributed by atoms with van der Waals surface area (Å²) in [7, 11) is 0. The van der Waals surface area contributed by atoms with E-state index in [2.05, 4.69) is 10.2 Å². The first kappa shape index (κ1) is 13.7. The maximum Gasteiger partial charge on any atom is 0.0638 e. The second-order valence-corrected chi connectivity index (χ2v) is 2.12. The van der Waals surface area contributed by atoms with Crippen LogP contribution >= 0.6 is 34.0 Å². The van der Waals surface area contributed by atoms with Gasteiger partial charge in [0, 0.05) is 17.8 Å². The first-order valence-electron chi connectivity index (χ1n) is 2.96. The molecule has 0 aliphatic heterocycles. The largest absolute Gasteiger partial charge is 0.326 e. The average Bonchev–Trinajstić information content (AvgIpc) is 2.12. The molecule has 3 nitrogen and oxygen atoms in total. The van der Waals surface area contributed by atoms with E-state index in [9.17, 15) is 0 Å². The molecule has 0 amide bonds. The average molecular weight is 287 g/mol. The SMILES string of the molecule is Br.Br.Cc1n[nH]c(C)c1CN. The molecule has 0 radical (unpaired) electrons. The summed E-state index contributed by atoms with van der Waals surface area (Å²) >= 11 is 0. The lowest BCUT2D eigenvalue weighted by molar-refractivity contribution is 1.02. The second-order valence-electron chi connectivity index (χ2n) is 2.12. The molecule has 0 aromatic carbocycles. The van der Waals surface area contributed by atoms with E-state index >= 15 is 0 Å². The molecule has 0 bridgehead atoms. The Hall–Kier alpha value is 0.130. The van der Waals surface area contributed by atoms with Crippen molar-refractivity contribution in [1.82, 2.24) is 10.2 Å². The summed E-state index contributed by atoms with van der Waals surface area (Å²) in [6.45, 7) is 4.50. The molecule has 3 N–H and O–H groups in total. The van der Waals surface area contributed by atoms with Crippen molar-refractivity contribution >= 4 is 34.0 Å². The highest BCUT2D eigenvalue weighted by atomic mass is 79.9. The molecule has 66 valence electrons. The van der Waals surface area contributed by atoms with Gasteiger partial charge in [0.05, 0.1) is 5.69 Å². The predicted molar refractivity (Wildman–Crippen MR) is 56.6 cm³/mol. The molecule has 1 heterocycles. The van der Waals surface area contributed by atoms with Crippen LogP contribution in [0, 0.1) is 13.8 Å². The summed E-state index contributed by atoms with van der Waals surface area (Å²) in [5.74, 6) is 0. The Morgan fingerprint density at radius 2 is 1.91 bits per heavy atom. The maximum atomic E-state index is 5.44. The summed E-state index contributed by atoms with van der Waals surface area (Å²) in [4.78, 5) is 0. The van der Waals surface area contributed by atoms with E-state index in [4.69, 9.17) is 5.73 Å². The van der Waals surface area contributed by atoms with Crippen LogP contribution in [0.15, 0.2) is 0 Å². The molecule has 0 fully saturated rings. The van der Waals surface area contributed by atoms with Crippen LogP contribution in [-0.4, -0.2) is 10.2 Å². The van der Waals surface area contributed by atoms with Crippen LogP contribution in [-0.2, 0) is 6.54 Å². The van der Waals surface area contributed by atoms with Crippen molar-refractivity contribution in [2.24, 2.45) is 5.73 Å². The lowest BCUT2D eigenvalue weighted by atomic mass is 10.2. The number of aromatic nitrogens is 2. The smallest absolute Gasteiger partial charge is 0.0638 e. The molecule has 1 rings (SSSR count). The Morgan fingerprint density at radius 1 is 1.36 bits per heavy atom. The summed E-state index contributed by atoms with van der Waals surface area (Å²) in [6, 6.07) is 0. The number of hydrogen-bond donors (Lipinski definition) is 2. The van der Waals surface area contributed by atoms with Crippen molar-refractivity contribution < 1.29 is 0 Å². The molecule has 11 heavy (non-hydrogen) atoms. The molecule has 0 saturated heterocycles. The first-order valence-corrected chi connectivity index (χ1v) is 2.96. The van der Waals surface area contributed by atoms with Crippen LogP contribution < -0.4 is 5.73 Å². The van der Waals surface area contributed by atoms with E-state index in [0.29, 0.717) is 6.54 Å². The fourth-order valence-electron chi connectivity index (χ4n) is 0.875. The number of nitrogens with two attached hydrogens (primary N) is 1. The van der Waals surface area contributed by atoms with Gasteiger partial charge in [-0.25, -0.2) is 0 Å². The van der Waals surface area contributed by atoms with Crippen molar-refractivity contribution in [3.8, 4) is 0 Å². The van der Waals surface area contributed by atoms with Gasteiger partial charge in [0.2, 0.25) is 0 Å². The normalized spacial score (nSPS) is 8.27. The molecule has 0 spiro atoms. The van der Waals surface area contributed by atoms with Gasteiger partial charge in [-0.2, -0.15) is 5.10 Å². The molecule has 1 aromatic heterocycles. The van der Waals surface area contributed by atoms with Gasteiger partial charge in [-0.05, 0) is 13.8 Å². The third kappa shape index (κ3) is 2.92. The topological polar surface area (TPSA) is 54.7 Å². The quantitative estimate of drug-likeness (QED) is 0.825. The number of aromatic amines is 1. The van der Waals surface area contributed by atoms with Crippen LogP contribution in [0.4, 0.5) is 0 Å². The zero-order chi connectivity index (χ0) is 6.85. The van der Waals surface area contributed by atoms with Gasteiger partial charge in [-0.3, -0.25) is 5.10 Å². The van der Waals surface area contributed by atoms with Crippen molar-refractivity contribution in [3.05, 3.63) is 17.0 Å². The lowest BCUT2D eigenvalue weighted by Gasteiger charge is -1.91. The number of halogens is 2. The zero-order valence-corrected chi connectivity index (χ0v) is 9.97. The van der Waals surface area contributed by atoms with Gasteiger partial charge in [0.15, 0.2) is 0 Å². The zero-order valence-electron chi connectivity index (χ0n) is 6.55. The van der Waals surface area contributed by atoms with Crippen molar-refractivity contribution in [3.63, 3.8) is 0 Å². The van der Waals surface area contributed by atoms with Crippen molar-refractivity contribution in [2.75, 3.05) is 0 Å². The molecule has 1 aromatic rings. The van der Waals surface area contributed by atoms with E-state index in [0.717, 1.165) is 17.0 Å². The van der Waals surface area contributed by atoms with Gasteiger partial charge in [-0.15, -0.1) is 34.0 Å². The summed E-state index contributed by atoms with van der Waals surface area (Å²) in [5, 5.41) is 6.84. The molecule has 0 unspecified atom stereocenters. The van der Waals surface area contributed by atoms with E-state index in [1.54, 1.807) is 0 Å². The monoisotopic (exact) mass is 285 g/mol. The Labute approximate surface area is 87.3 Å². The molecular formula is C6H13Br2N3. The standard InChI is InChI=1S/C6H11N3.2BrH/c1-4-6(3-7)5(2)9-8-4;;/h3,7H2,1-2H3,(H,8,9);2*1H. The van der Waals surface area contributed by atoms with Crippen LogP contribution in [0.3, 0.4) is 0 Å². The van der Waals surface area contributed by atoms with E-state index in [-0.39, 0.29) is 34.0 Å². The Balaban J connectivity index is 0. The Morgan fingerprint density at radius 3 is 2.09 bits per heavy atom. The number of nitrogens with zero attached hydrogens (tertiary/aromatic N) is 1. The van der Waals surface area contributed by atoms with Crippen LogP contribution in [0.2, 0.25) is 0 Å². The minimum atomic E-state index is 0. The number of rotatable bonds is 1. The fraction of sp³-hybridized carbons (Fsp3) is 0.500. The second kappa shape index (κ2) is 5.74. The predicted octanol–water partition coefficient (Wildman–Crippen LogP) is 1.64. The molecule has 5 heteroatoms. The minimum Gasteiger partial charge on any atom is -0.326 e. The summed E-state index contributed by atoms with van der Waals surface area (Å²) < 4.78 is 0. The highest BCUT2D eigenvalue weighted by Gasteiger charge is 2.01. The van der Waals surface area contributed by atoms with E-state index in [1.165, 1.54) is 0 Å². The summed E-state index contributed by atoms with van der Waals surface area (Å²) in [5.41, 5.74) is 8.66. The highest BCUT2D eigenvalue weighted by molar-refractivity contribution is 8.93. The van der Waals surface area contributed by atoms with Crippen LogP contribution in [0.1, 0.15) is 17.0 Å². The third-order valence-electron chi connectivity index (χ3n) is 1.48. The Kier molecular flexibility index (Phi) is 7.15. The van der Waals surface area contributed by atoms with Gasteiger partial charge < -0.3 is 5.73 Å². The maximum absolute atomic E-state index is 5.44. The first-order chi connectivity index (χ1) is 4.25. The molecule has 0 aliphatic carbocycles. The lowest BCUT2D eigenvalue weighted by Crippen LogP contribution is -1.98. The number of nitrogens with one attached hydrogen (secondary N) is 1. The number of H-pyrrole nitrogens is 1. The fourth-order valence-corrected chi connectivity index (χ4v) is 0.875. The van der Waals surface area contributed by atoms with E-state index in [1.807, 2.05) is 13.8 Å². The van der Waals surface area contributed by atoms with Gasteiger partial charge in [0.1, 0.15) is 0 Å².